The van der Waals surface area contributed by atoms with E-state index < -0.39 is 0 Å². The van der Waals surface area contributed by atoms with Crippen molar-refractivity contribution in [2.24, 2.45) is 5.73 Å². The summed E-state index contributed by atoms with van der Waals surface area (Å²) >= 11 is 0. The molecule has 1 aromatic heterocycles. The molecule has 0 aliphatic heterocycles. The maximum atomic E-state index is 11.2. The highest BCUT2D eigenvalue weighted by atomic mass is 16.2. The van der Waals surface area contributed by atoms with Crippen molar-refractivity contribution in [1.82, 2.24) is 14.7 Å². The first-order valence-electron chi connectivity index (χ1n) is 4.34. The van der Waals surface area contributed by atoms with Gasteiger partial charge >= 0.3 is 6.03 Å². The third-order valence-electron chi connectivity index (χ3n) is 1.65. The van der Waals surface area contributed by atoms with Gasteiger partial charge in [0.2, 0.25) is 0 Å². The SMILES string of the molecule is CN(C)C(=O)Nc1cnn(CCN)c1. The maximum Gasteiger partial charge on any atom is 0.321 e. The number of amides is 2. The molecule has 0 unspecified atom stereocenters. The molecule has 6 nitrogen and oxygen atoms in total. The van der Waals surface area contributed by atoms with Crippen LogP contribution in [-0.4, -0.2) is 41.4 Å². The van der Waals surface area contributed by atoms with Crippen LogP contribution >= 0.6 is 0 Å². The fourth-order valence-electron chi connectivity index (χ4n) is 0.918. The topological polar surface area (TPSA) is 76.2 Å². The van der Waals surface area contributed by atoms with Crippen molar-refractivity contribution in [2.75, 3.05) is 26.0 Å². The Morgan fingerprint density at radius 2 is 2.43 bits per heavy atom. The van der Waals surface area contributed by atoms with Gasteiger partial charge in [-0.3, -0.25) is 4.68 Å². The first-order chi connectivity index (χ1) is 6.63. The summed E-state index contributed by atoms with van der Waals surface area (Å²) in [4.78, 5) is 12.7. The van der Waals surface area contributed by atoms with E-state index in [1.807, 2.05) is 0 Å². The standard InChI is InChI=1S/C8H15N5O/c1-12(2)8(14)11-7-5-10-13(6-7)4-3-9/h5-6H,3-4,9H2,1-2H3,(H,11,14). The van der Waals surface area contributed by atoms with Gasteiger partial charge in [-0.2, -0.15) is 5.10 Å². The summed E-state index contributed by atoms with van der Waals surface area (Å²) in [6.07, 6.45) is 3.34. The van der Waals surface area contributed by atoms with Crippen LogP contribution in [0.5, 0.6) is 0 Å². The van der Waals surface area contributed by atoms with Crippen molar-refractivity contribution in [3.05, 3.63) is 12.4 Å². The zero-order valence-electron chi connectivity index (χ0n) is 8.40. The lowest BCUT2D eigenvalue weighted by atomic mass is 10.5. The van der Waals surface area contributed by atoms with Crippen LogP contribution in [0.2, 0.25) is 0 Å². The Hall–Kier alpha value is -1.56. The molecule has 0 spiro atoms. The minimum Gasteiger partial charge on any atom is -0.331 e. The monoisotopic (exact) mass is 197 g/mol. The van der Waals surface area contributed by atoms with Gasteiger partial charge in [0.1, 0.15) is 0 Å². The lowest BCUT2D eigenvalue weighted by Crippen LogP contribution is -2.27. The number of hydrogen-bond acceptors (Lipinski definition) is 3. The summed E-state index contributed by atoms with van der Waals surface area (Å²) in [5.74, 6) is 0. The van der Waals surface area contributed by atoms with Crippen LogP contribution in [0.1, 0.15) is 0 Å². The molecule has 0 aromatic carbocycles. The average Bonchev–Trinajstić information content (AvgIpc) is 2.53. The first-order valence-corrected chi connectivity index (χ1v) is 4.34. The second-order valence-corrected chi connectivity index (χ2v) is 3.11. The molecule has 1 aromatic rings. The zero-order valence-corrected chi connectivity index (χ0v) is 8.40. The van der Waals surface area contributed by atoms with Crippen LogP contribution in [0.25, 0.3) is 0 Å². The molecule has 0 aliphatic rings. The number of nitrogens with two attached hydrogens (primary N) is 1. The molecule has 1 heterocycles. The Labute approximate surface area is 82.7 Å². The predicted molar refractivity (Wildman–Crippen MR) is 54.0 cm³/mol. The van der Waals surface area contributed by atoms with E-state index in [2.05, 4.69) is 10.4 Å². The van der Waals surface area contributed by atoms with Gasteiger partial charge < -0.3 is 16.0 Å². The lowest BCUT2D eigenvalue weighted by molar-refractivity contribution is 0.230. The molecule has 0 bridgehead atoms. The Morgan fingerprint density at radius 1 is 1.71 bits per heavy atom. The summed E-state index contributed by atoms with van der Waals surface area (Å²) in [6, 6.07) is -0.169. The Bertz CT molecular complexity index is 306. The summed E-state index contributed by atoms with van der Waals surface area (Å²) in [5, 5.41) is 6.70. The summed E-state index contributed by atoms with van der Waals surface area (Å²) in [6.45, 7) is 1.18. The van der Waals surface area contributed by atoms with Crippen LogP contribution in [0.3, 0.4) is 0 Å². The maximum absolute atomic E-state index is 11.2. The van der Waals surface area contributed by atoms with Gasteiger partial charge in [-0.1, -0.05) is 0 Å². The van der Waals surface area contributed by atoms with Crippen molar-refractivity contribution in [2.45, 2.75) is 6.54 Å². The number of anilines is 1. The van der Waals surface area contributed by atoms with Crippen molar-refractivity contribution < 1.29 is 4.79 Å². The summed E-state index contributed by atoms with van der Waals surface area (Å²) in [7, 11) is 3.36. The fraction of sp³-hybridized carbons (Fsp3) is 0.500. The predicted octanol–water partition coefficient (Wildman–Crippen LogP) is -0.0647. The summed E-state index contributed by atoms with van der Waals surface area (Å²) < 4.78 is 1.69. The summed E-state index contributed by atoms with van der Waals surface area (Å²) in [5.41, 5.74) is 6.04. The second-order valence-electron chi connectivity index (χ2n) is 3.11. The van der Waals surface area contributed by atoms with Crippen molar-refractivity contribution in [3.63, 3.8) is 0 Å². The molecule has 0 saturated heterocycles. The van der Waals surface area contributed by atoms with Gasteiger partial charge in [-0.05, 0) is 0 Å². The second kappa shape index (κ2) is 4.61. The molecule has 0 fully saturated rings. The fourth-order valence-corrected chi connectivity index (χ4v) is 0.918. The number of urea groups is 1. The molecule has 3 N–H and O–H groups in total. The molecule has 2 amide bonds. The first kappa shape index (κ1) is 10.5. The third-order valence-corrected chi connectivity index (χ3v) is 1.65. The average molecular weight is 197 g/mol. The van der Waals surface area contributed by atoms with Crippen LogP contribution in [0.4, 0.5) is 10.5 Å². The van der Waals surface area contributed by atoms with Crippen LogP contribution in [-0.2, 0) is 6.54 Å². The number of hydrogen-bond donors (Lipinski definition) is 2. The molecule has 0 saturated carbocycles. The molecule has 0 atom stereocenters. The smallest absolute Gasteiger partial charge is 0.321 e. The third kappa shape index (κ3) is 2.74. The van der Waals surface area contributed by atoms with E-state index in [-0.39, 0.29) is 6.03 Å². The van der Waals surface area contributed by atoms with Gasteiger partial charge in [-0.25, -0.2) is 4.79 Å². The highest BCUT2D eigenvalue weighted by Crippen LogP contribution is 2.04. The van der Waals surface area contributed by atoms with E-state index in [0.29, 0.717) is 18.8 Å². The minimum absolute atomic E-state index is 0.169. The van der Waals surface area contributed by atoms with Crippen molar-refractivity contribution >= 4 is 11.7 Å². The van der Waals surface area contributed by atoms with E-state index >= 15 is 0 Å². The van der Waals surface area contributed by atoms with Gasteiger partial charge in [-0.15, -0.1) is 0 Å². The Kier molecular flexibility index (Phi) is 3.47. The quantitative estimate of drug-likeness (QED) is 0.712. The van der Waals surface area contributed by atoms with E-state index in [0.717, 1.165) is 0 Å². The molecule has 0 radical (unpaired) electrons. The molecule has 78 valence electrons. The Morgan fingerprint density at radius 3 is 3.00 bits per heavy atom. The van der Waals surface area contributed by atoms with E-state index in [1.54, 1.807) is 31.2 Å². The molecular formula is C8H15N5O. The number of nitrogens with zero attached hydrogens (tertiary/aromatic N) is 3. The van der Waals surface area contributed by atoms with E-state index in [9.17, 15) is 4.79 Å². The van der Waals surface area contributed by atoms with Gasteiger partial charge in [0.15, 0.2) is 0 Å². The molecule has 6 heteroatoms. The molecule has 0 aliphatic carbocycles. The van der Waals surface area contributed by atoms with Crippen LogP contribution < -0.4 is 11.1 Å². The highest BCUT2D eigenvalue weighted by molar-refractivity contribution is 5.88. The lowest BCUT2D eigenvalue weighted by Gasteiger charge is -2.09. The molecular weight excluding hydrogens is 182 g/mol. The minimum atomic E-state index is -0.169. The molecule has 14 heavy (non-hydrogen) atoms. The van der Waals surface area contributed by atoms with Crippen LogP contribution in [0.15, 0.2) is 12.4 Å². The van der Waals surface area contributed by atoms with Crippen LogP contribution in [0, 0.1) is 0 Å². The number of aromatic nitrogens is 2. The number of nitrogens with one attached hydrogen (secondary N) is 1. The number of rotatable bonds is 3. The Balaban J connectivity index is 2.55. The normalized spacial score (nSPS) is 9.93. The zero-order chi connectivity index (χ0) is 10.6. The van der Waals surface area contributed by atoms with Crippen molar-refractivity contribution in [3.8, 4) is 0 Å². The largest absolute Gasteiger partial charge is 0.331 e. The van der Waals surface area contributed by atoms with Crippen molar-refractivity contribution in [1.29, 1.82) is 0 Å². The van der Waals surface area contributed by atoms with E-state index in [4.69, 9.17) is 5.73 Å². The van der Waals surface area contributed by atoms with Gasteiger partial charge in [0.05, 0.1) is 18.4 Å². The van der Waals surface area contributed by atoms with Gasteiger partial charge in [0.25, 0.3) is 0 Å². The van der Waals surface area contributed by atoms with E-state index in [1.165, 1.54) is 4.90 Å². The highest BCUT2D eigenvalue weighted by Gasteiger charge is 2.04. The van der Waals surface area contributed by atoms with Gasteiger partial charge in [0, 0.05) is 26.8 Å². The number of carbonyl (C=O) groups excluding carboxylic acids is 1. The molecule has 1 rings (SSSR count). The number of carbonyl (C=O) groups is 1.